The van der Waals surface area contributed by atoms with Crippen LogP contribution in [0.4, 0.5) is 0 Å². The minimum atomic E-state index is 0.207. The molecule has 0 bridgehead atoms. The SMILES string of the molecule is CC(=O)N1CCCN(C[C@H]2CCOc3ccccc3C2)CC1. The van der Waals surface area contributed by atoms with E-state index in [0.29, 0.717) is 5.92 Å². The number of carbonyl (C=O) groups excluding carboxylic acids is 1. The van der Waals surface area contributed by atoms with Gasteiger partial charge in [-0.15, -0.1) is 0 Å². The van der Waals surface area contributed by atoms with Crippen LogP contribution < -0.4 is 4.74 Å². The third-order valence-corrected chi connectivity index (χ3v) is 4.82. The highest BCUT2D eigenvalue weighted by Crippen LogP contribution is 2.27. The molecule has 4 heteroatoms. The number of amides is 1. The van der Waals surface area contributed by atoms with E-state index in [-0.39, 0.29) is 5.91 Å². The summed E-state index contributed by atoms with van der Waals surface area (Å²) in [7, 11) is 0. The lowest BCUT2D eigenvalue weighted by Crippen LogP contribution is -2.36. The van der Waals surface area contributed by atoms with Gasteiger partial charge < -0.3 is 14.5 Å². The van der Waals surface area contributed by atoms with E-state index in [4.69, 9.17) is 4.74 Å². The van der Waals surface area contributed by atoms with E-state index < -0.39 is 0 Å². The molecule has 2 aliphatic rings. The molecule has 0 unspecified atom stereocenters. The number of hydrogen-bond acceptors (Lipinski definition) is 3. The van der Waals surface area contributed by atoms with E-state index in [0.717, 1.165) is 64.3 Å². The average molecular weight is 302 g/mol. The van der Waals surface area contributed by atoms with Crippen LogP contribution in [-0.4, -0.2) is 55.0 Å². The number of benzene rings is 1. The van der Waals surface area contributed by atoms with Gasteiger partial charge in [0.05, 0.1) is 6.61 Å². The molecular formula is C18H26N2O2. The quantitative estimate of drug-likeness (QED) is 0.839. The smallest absolute Gasteiger partial charge is 0.219 e. The molecule has 0 N–H and O–H groups in total. The lowest BCUT2D eigenvalue weighted by Gasteiger charge is -2.25. The molecule has 2 aliphatic heterocycles. The van der Waals surface area contributed by atoms with E-state index >= 15 is 0 Å². The Balaban J connectivity index is 1.58. The third-order valence-electron chi connectivity index (χ3n) is 4.82. The number of ether oxygens (including phenoxy) is 1. The van der Waals surface area contributed by atoms with Gasteiger partial charge in [-0.2, -0.15) is 0 Å². The molecule has 2 heterocycles. The second-order valence-electron chi connectivity index (χ2n) is 6.48. The summed E-state index contributed by atoms with van der Waals surface area (Å²) in [6.07, 6.45) is 3.30. The van der Waals surface area contributed by atoms with Gasteiger partial charge in [0.2, 0.25) is 5.91 Å². The second kappa shape index (κ2) is 7.14. The van der Waals surface area contributed by atoms with Gasteiger partial charge in [0.15, 0.2) is 0 Å². The maximum Gasteiger partial charge on any atom is 0.219 e. The van der Waals surface area contributed by atoms with Crippen molar-refractivity contribution in [3.8, 4) is 5.75 Å². The molecule has 0 spiro atoms. The summed E-state index contributed by atoms with van der Waals surface area (Å²) in [5.41, 5.74) is 1.34. The second-order valence-corrected chi connectivity index (χ2v) is 6.48. The van der Waals surface area contributed by atoms with Crippen molar-refractivity contribution < 1.29 is 9.53 Å². The van der Waals surface area contributed by atoms with Crippen molar-refractivity contribution in [1.82, 2.24) is 9.80 Å². The third kappa shape index (κ3) is 3.80. The van der Waals surface area contributed by atoms with E-state index in [9.17, 15) is 4.79 Å². The molecule has 0 aliphatic carbocycles. The zero-order valence-electron chi connectivity index (χ0n) is 13.5. The standard InChI is InChI=1S/C18H26N2O2/c1-15(21)20-9-4-8-19(10-11-20)14-16-7-12-22-18-6-3-2-5-17(18)13-16/h2-3,5-6,16H,4,7-14H2,1H3/t16-/m0/s1. The zero-order chi connectivity index (χ0) is 15.4. The largest absolute Gasteiger partial charge is 0.493 e. The highest BCUT2D eigenvalue weighted by Gasteiger charge is 2.22. The summed E-state index contributed by atoms with van der Waals surface area (Å²) in [5.74, 6) is 1.91. The van der Waals surface area contributed by atoms with E-state index in [1.807, 2.05) is 11.0 Å². The maximum atomic E-state index is 11.5. The van der Waals surface area contributed by atoms with E-state index in [1.54, 1.807) is 6.92 Å². The van der Waals surface area contributed by atoms with Crippen LogP contribution in [0.3, 0.4) is 0 Å². The van der Waals surface area contributed by atoms with Crippen molar-refractivity contribution in [1.29, 1.82) is 0 Å². The highest BCUT2D eigenvalue weighted by molar-refractivity contribution is 5.73. The Labute approximate surface area is 133 Å². The first-order chi connectivity index (χ1) is 10.7. The normalized spacial score (nSPS) is 23.1. The minimum Gasteiger partial charge on any atom is -0.493 e. The summed E-state index contributed by atoms with van der Waals surface area (Å²) in [6, 6.07) is 8.41. The van der Waals surface area contributed by atoms with Crippen LogP contribution in [0.1, 0.15) is 25.3 Å². The summed E-state index contributed by atoms with van der Waals surface area (Å²) < 4.78 is 5.87. The zero-order valence-corrected chi connectivity index (χ0v) is 13.5. The van der Waals surface area contributed by atoms with Crippen LogP contribution >= 0.6 is 0 Å². The highest BCUT2D eigenvalue weighted by atomic mass is 16.5. The summed E-state index contributed by atoms with van der Waals surface area (Å²) in [6.45, 7) is 7.48. The summed E-state index contributed by atoms with van der Waals surface area (Å²) in [4.78, 5) is 16.0. The van der Waals surface area contributed by atoms with Gasteiger partial charge in [-0.3, -0.25) is 4.79 Å². The molecule has 4 nitrogen and oxygen atoms in total. The molecule has 3 rings (SSSR count). The maximum absolute atomic E-state index is 11.5. The first-order valence-corrected chi connectivity index (χ1v) is 8.41. The fourth-order valence-corrected chi connectivity index (χ4v) is 3.55. The Morgan fingerprint density at radius 1 is 1.23 bits per heavy atom. The van der Waals surface area contributed by atoms with Gasteiger partial charge in [-0.25, -0.2) is 0 Å². The van der Waals surface area contributed by atoms with E-state index in [2.05, 4.69) is 23.1 Å². The number of rotatable bonds is 2. The summed E-state index contributed by atoms with van der Waals surface area (Å²) in [5, 5.41) is 0. The first kappa shape index (κ1) is 15.3. The lowest BCUT2D eigenvalue weighted by molar-refractivity contribution is -0.128. The molecule has 22 heavy (non-hydrogen) atoms. The Morgan fingerprint density at radius 2 is 2.09 bits per heavy atom. The van der Waals surface area contributed by atoms with Crippen LogP contribution in [0.5, 0.6) is 5.75 Å². The first-order valence-electron chi connectivity index (χ1n) is 8.41. The number of fused-ring (bicyclic) bond motifs is 1. The number of nitrogens with zero attached hydrogens (tertiary/aromatic N) is 2. The van der Waals surface area contributed by atoms with Gasteiger partial charge in [0.1, 0.15) is 5.75 Å². The van der Waals surface area contributed by atoms with Crippen LogP contribution in [0, 0.1) is 5.92 Å². The fraction of sp³-hybridized carbons (Fsp3) is 0.611. The van der Waals surface area contributed by atoms with Crippen LogP contribution in [-0.2, 0) is 11.2 Å². The molecular weight excluding hydrogens is 276 g/mol. The fourth-order valence-electron chi connectivity index (χ4n) is 3.55. The van der Waals surface area contributed by atoms with Gasteiger partial charge >= 0.3 is 0 Å². The number of carbonyl (C=O) groups is 1. The topological polar surface area (TPSA) is 32.8 Å². The van der Waals surface area contributed by atoms with Crippen molar-refractivity contribution in [3.05, 3.63) is 29.8 Å². The Bertz CT molecular complexity index is 518. The Kier molecular flexibility index (Phi) is 4.98. The van der Waals surface area contributed by atoms with Gasteiger partial charge in [0.25, 0.3) is 0 Å². The molecule has 1 amide bonds. The molecule has 0 saturated carbocycles. The van der Waals surface area contributed by atoms with Crippen molar-refractivity contribution >= 4 is 5.91 Å². The van der Waals surface area contributed by atoms with Crippen LogP contribution in [0.2, 0.25) is 0 Å². The molecule has 0 aromatic heterocycles. The van der Waals surface area contributed by atoms with Gasteiger partial charge in [-0.1, -0.05) is 18.2 Å². The molecule has 0 radical (unpaired) electrons. The number of hydrogen-bond donors (Lipinski definition) is 0. The Hall–Kier alpha value is -1.55. The van der Waals surface area contributed by atoms with Crippen molar-refractivity contribution in [3.63, 3.8) is 0 Å². The lowest BCUT2D eigenvalue weighted by atomic mass is 9.96. The monoisotopic (exact) mass is 302 g/mol. The molecule has 1 saturated heterocycles. The van der Waals surface area contributed by atoms with Crippen molar-refractivity contribution in [2.45, 2.75) is 26.2 Å². The minimum absolute atomic E-state index is 0.207. The van der Waals surface area contributed by atoms with Gasteiger partial charge in [0, 0.05) is 33.1 Å². The van der Waals surface area contributed by atoms with E-state index in [1.165, 1.54) is 5.56 Å². The van der Waals surface area contributed by atoms with Crippen molar-refractivity contribution in [2.75, 3.05) is 39.3 Å². The molecule has 1 atom stereocenters. The van der Waals surface area contributed by atoms with Crippen molar-refractivity contribution in [2.24, 2.45) is 5.92 Å². The predicted molar refractivity (Wildman–Crippen MR) is 87.1 cm³/mol. The average Bonchev–Trinajstić information content (AvgIpc) is 2.85. The molecule has 1 aromatic rings. The number of para-hydroxylation sites is 1. The predicted octanol–water partition coefficient (Wildman–Crippen LogP) is 2.18. The molecule has 1 fully saturated rings. The van der Waals surface area contributed by atoms with Crippen LogP contribution in [0.25, 0.3) is 0 Å². The molecule has 120 valence electrons. The van der Waals surface area contributed by atoms with Gasteiger partial charge in [-0.05, 0) is 43.4 Å². The Morgan fingerprint density at radius 3 is 2.95 bits per heavy atom. The molecule has 1 aromatic carbocycles. The summed E-state index contributed by atoms with van der Waals surface area (Å²) >= 11 is 0. The van der Waals surface area contributed by atoms with Crippen LogP contribution in [0.15, 0.2) is 24.3 Å².